The predicted octanol–water partition coefficient (Wildman–Crippen LogP) is 4.84. The Kier molecular flexibility index (Phi) is 10.9. The molecule has 1 amide bonds. The van der Waals surface area contributed by atoms with Crippen molar-refractivity contribution in [2.45, 2.75) is 39.2 Å². The van der Waals surface area contributed by atoms with Crippen LogP contribution in [0.5, 0.6) is 5.75 Å². The molecule has 1 aliphatic carbocycles. The topological polar surface area (TPSA) is 104 Å². The zero-order valence-electron chi connectivity index (χ0n) is 21.6. The molecule has 0 saturated carbocycles. The number of esters is 2. The Morgan fingerprint density at radius 2 is 1.76 bits per heavy atom. The number of aryl methyl sites for hydroxylation is 1. The Bertz CT molecular complexity index is 1220. The molecule has 0 bridgehead atoms. The van der Waals surface area contributed by atoms with E-state index in [2.05, 4.69) is 9.72 Å². The fourth-order valence-electron chi connectivity index (χ4n) is 3.96. The van der Waals surface area contributed by atoms with Gasteiger partial charge in [-0.1, -0.05) is 23.2 Å². The van der Waals surface area contributed by atoms with Crippen molar-refractivity contribution < 1.29 is 33.3 Å². The summed E-state index contributed by atoms with van der Waals surface area (Å²) in [6, 6.07) is 4.78. The first-order valence-electron chi connectivity index (χ1n) is 12.0. The molecular weight excluding hydrogens is 535 g/mol. The Balaban J connectivity index is 2.07. The fourth-order valence-corrected chi connectivity index (χ4v) is 4.50. The number of nitrogens with zero attached hydrogens (tertiary/aromatic N) is 2. The lowest BCUT2D eigenvalue weighted by Gasteiger charge is -2.29. The van der Waals surface area contributed by atoms with E-state index in [9.17, 15) is 14.4 Å². The Morgan fingerprint density at radius 3 is 2.45 bits per heavy atom. The molecule has 0 unspecified atom stereocenters. The molecule has 1 heterocycles. The molecule has 0 N–H and O–H groups in total. The molecule has 11 heteroatoms. The number of anilines is 1. The van der Waals surface area contributed by atoms with Gasteiger partial charge in [0.2, 0.25) is 0 Å². The summed E-state index contributed by atoms with van der Waals surface area (Å²) in [5.41, 5.74) is 2.71. The second kappa shape index (κ2) is 14.1. The number of carbonyl (C=O) groups excluding carboxylic acids is 3. The molecule has 9 nitrogen and oxygen atoms in total. The normalized spacial score (nSPS) is 13.2. The lowest BCUT2D eigenvalue weighted by molar-refractivity contribution is -0.143. The van der Waals surface area contributed by atoms with Crippen molar-refractivity contribution in [2.75, 3.05) is 38.9 Å². The molecule has 0 saturated heterocycles. The van der Waals surface area contributed by atoms with Crippen molar-refractivity contribution >= 4 is 46.7 Å². The van der Waals surface area contributed by atoms with Gasteiger partial charge in [-0.15, -0.1) is 0 Å². The molecule has 0 fully saturated rings. The molecular formula is C27H30Cl2N2O7. The van der Waals surface area contributed by atoms with Crippen LogP contribution >= 0.6 is 23.2 Å². The molecule has 3 rings (SSSR count). The van der Waals surface area contributed by atoms with Crippen LogP contribution < -0.4 is 9.64 Å². The number of hydrogen-bond acceptors (Lipinski definition) is 8. The fraction of sp³-hybridized carbons (Fsp3) is 0.407. The molecule has 38 heavy (non-hydrogen) atoms. The SMILES string of the molecule is COCCOC(=O)C1=C(C(=O)N(Cc2cnccc2C)c2cc(OCC(=O)OC)c(Cl)cc2Cl)CCCC1. The maximum absolute atomic E-state index is 14.1. The van der Waals surface area contributed by atoms with Crippen molar-refractivity contribution in [3.8, 4) is 5.75 Å². The highest BCUT2D eigenvalue weighted by molar-refractivity contribution is 6.37. The van der Waals surface area contributed by atoms with E-state index in [0.717, 1.165) is 24.0 Å². The summed E-state index contributed by atoms with van der Waals surface area (Å²) in [4.78, 5) is 44.3. The van der Waals surface area contributed by atoms with Gasteiger partial charge in [0.1, 0.15) is 12.4 Å². The molecule has 0 aliphatic heterocycles. The summed E-state index contributed by atoms with van der Waals surface area (Å²) in [5, 5.41) is 0.350. The van der Waals surface area contributed by atoms with Crippen LogP contribution in [0.4, 0.5) is 5.69 Å². The minimum atomic E-state index is -0.597. The average molecular weight is 565 g/mol. The second-order valence-electron chi connectivity index (χ2n) is 8.59. The molecule has 0 radical (unpaired) electrons. The van der Waals surface area contributed by atoms with Crippen LogP contribution in [0.1, 0.15) is 36.8 Å². The van der Waals surface area contributed by atoms with Crippen LogP contribution in [-0.2, 0) is 35.1 Å². The van der Waals surface area contributed by atoms with E-state index in [-0.39, 0.29) is 42.2 Å². The summed E-state index contributed by atoms with van der Waals surface area (Å²) in [6.45, 7) is 1.99. The van der Waals surface area contributed by atoms with Crippen molar-refractivity contribution in [2.24, 2.45) is 0 Å². The summed E-state index contributed by atoms with van der Waals surface area (Å²) in [5.74, 6) is -1.38. The van der Waals surface area contributed by atoms with Gasteiger partial charge in [-0.25, -0.2) is 9.59 Å². The van der Waals surface area contributed by atoms with Crippen LogP contribution in [0.25, 0.3) is 0 Å². The van der Waals surface area contributed by atoms with E-state index < -0.39 is 17.8 Å². The Hall–Kier alpha value is -3.14. The van der Waals surface area contributed by atoms with Gasteiger partial charge in [0.15, 0.2) is 6.61 Å². The number of methoxy groups -OCH3 is 2. The number of halogens is 2. The van der Waals surface area contributed by atoms with Gasteiger partial charge < -0.3 is 23.8 Å². The third-order valence-electron chi connectivity index (χ3n) is 6.08. The van der Waals surface area contributed by atoms with E-state index in [1.807, 2.05) is 13.0 Å². The largest absolute Gasteiger partial charge is 0.480 e. The quantitative estimate of drug-likeness (QED) is 0.282. The first-order chi connectivity index (χ1) is 18.3. The highest BCUT2D eigenvalue weighted by atomic mass is 35.5. The molecule has 0 atom stereocenters. The number of pyridine rings is 1. The van der Waals surface area contributed by atoms with Gasteiger partial charge in [0.25, 0.3) is 5.91 Å². The minimum Gasteiger partial charge on any atom is -0.480 e. The van der Waals surface area contributed by atoms with Crippen LogP contribution in [0, 0.1) is 6.92 Å². The van der Waals surface area contributed by atoms with Gasteiger partial charge in [0, 0.05) is 36.7 Å². The predicted molar refractivity (Wildman–Crippen MR) is 142 cm³/mol. The zero-order chi connectivity index (χ0) is 27.7. The van der Waals surface area contributed by atoms with Gasteiger partial charge >= 0.3 is 11.9 Å². The summed E-state index contributed by atoms with van der Waals surface area (Å²) in [7, 11) is 2.76. The number of hydrogen-bond donors (Lipinski definition) is 0. The number of benzene rings is 1. The minimum absolute atomic E-state index is 0.0861. The van der Waals surface area contributed by atoms with Crippen molar-refractivity contribution in [1.29, 1.82) is 0 Å². The first kappa shape index (κ1) is 29.4. The molecule has 1 aromatic heterocycles. The number of amides is 1. The van der Waals surface area contributed by atoms with E-state index in [0.29, 0.717) is 29.7 Å². The highest BCUT2D eigenvalue weighted by Crippen LogP contribution is 2.39. The van der Waals surface area contributed by atoms with E-state index in [1.54, 1.807) is 12.4 Å². The lowest BCUT2D eigenvalue weighted by atomic mass is 9.90. The standard InChI is InChI=1S/C27H30Cl2N2O7/c1-17-8-9-30-14-18(17)15-31(23-13-24(22(29)12-21(23)28)38-16-25(32)36-3)26(33)19-6-4-5-7-20(19)27(34)37-11-10-35-2/h8-9,12-14H,4-7,10-11,15-16H2,1-3H3. The summed E-state index contributed by atoms with van der Waals surface area (Å²) < 4.78 is 20.5. The highest BCUT2D eigenvalue weighted by Gasteiger charge is 2.30. The van der Waals surface area contributed by atoms with E-state index in [4.69, 9.17) is 37.4 Å². The third kappa shape index (κ3) is 7.46. The van der Waals surface area contributed by atoms with Gasteiger partial charge in [0.05, 0.1) is 36.0 Å². The lowest BCUT2D eigenvalue weighted by Crippen LogP contribution is -2.34. The maximum Gasteiger partial charge on any atom is 0.343 e. The number of ether oxygens (including phenoxy) is 4. The third-order valence-corrected chi connectivity index (χ3v) is 6.68. The smallest absolute Gasteiger partial charge is 0.343 e. The van der Waals surface area contributed by atoms with E-state index >= 15 is 0 Å². The van der Waals surface area contributed by atoms with Crippen LogP contribution in [-0.4, -0.2) is 56.9 Å². The van der Waals surface area contributed by atoms with Crippen LogP contribution in [0.3, 0.4) is 0 Å². The van der Waals surface area contributed by atoms with Crippen molar-refractivity contribution in [3.63, 3.8) is 0 Å². The zero-order valence-corrected chi connectivity index (χ0v) is 23.1. The molecule has 204 valence electrons. The van der Waals surface area contributed by atoms with Gasteiger partial charge in [-0.05, 0) is 55.9 Å². The number of rotatable bonds is 11. The molecule has 0 spiro atoms. The van der Waals surface area contributed by atoms with E-state index in [1.165, 1.54) is 31.3 Å². The van der Waals surface area contributed by atoms with Crippen LogP contribution in [0.2, 0.25) is 10.0 Å². The molecule has 2 aromatic rings. The number of aromatic nitrogens is 1. The van der Waals surface area contributed by atoms with Crippen LogP contribution in [0.15, 0.2) is 41.7 Å². The monoisotopic (exact) mass is 564 g/mol. The van der Waals surface area contributed by atoms with Gasteiger partial charge in [-0.2, -0.15) is 0 Å². The van der Waals surface area contributed by atoms with Crippen molar-refractivity contribution in [1.82, 2.24) is 4.98 Å². The van der Waals surface area contributed by atoms with Gasteiger partial charge in [-0.3, -0.25) is 9.78 Å². The Labute approximate surface area is 231 Å². The first-order valence-corrected chi connectivity index (χ1v) is 12.8. The number of carbonyl (C=O) groups is 3. The molecule has 1 aromatic carbocycles. The summed E-state index contributed by atoms with van der Waals surface area (Å²) in [6.07, 6.45) is 5.68. The molecule has 1 aliphatic rings. The average Bonchev–Trinajstić information content (AvgIpc) is 2.92. The maximum atomic E-state index is 14.1. The summed E-state index contributed by atoms with van der Waals surface area (Å²) >= 11 is 12.9. The Morgan fingerprint density at radius 1 is 1.03 bits per heavy atom. The second-order valence-corrected chi connectivity index (χ2v) is 9.40. The van der Waals surface area contributed by atoms with Crippen molar-refractivity contribution in [3.05, 3.63) is 62.9 Å².